The Balaban J connectivity index is 2.17. The summed E-state index contributed by atoms with van der Waals surface area (Å²) in [6.07, 6.45) is 0. The average molecular weight is 402 g/mol. The molecule has 1 N–H and O–H groups in total. The normalized spacial score (nSPS) is 10.0. The Morgan fingerprint density at radius 3 is 2.35 bits per heavy atom. The molecule has 17 heavy (non-hydrogen) atoms. The zero-order valence-corrected chi connectivity index (χ0v) is 12.5. The van der Waals surface area contributed by atoms with Crippen molar-refractivity contribution in [3.05, 3.63) is 62.1 Å². The first-order valence-corrected chi connectivity index (χ1v) is 6.85. The highest BCUT2D eigenvalue weighted by atomic mass is 127. The van der Waals surface area contributed by atoms with Crippen molar-refractivity contribution in [2.75, 3.05) is 5.32 Å². The summed E-state index contributed by atoms with van der Waals surface area (Å²) in [7, 11) is 0. The number of carbonyl (C=O) groups is 1. The highest BCUT2D eigenvalue weighted by Crippen LogP contribution is 2.18. The van der Waals surface area contributed by atoms with Gasteiger partial charge in [0.2, 0.25) is 0 Å². The second-order valence-corrected chi connectivity index (χ2v) is 5.54. The maximum absolute atomic E-state index is 12.0. The number of anilines is 1. The molecule has 0 radical (unpaired) electrons. The Morgan fingerprint density at radius 2 is 1.71 bits per heavy atom. The number of rotatable bonds is 2. The maximum Gasteiger partial charge on any atom is 0.256 e. The van der Waals surface area contributed by atoms with Crippen molar-refractivity contribution in [2.24, 2.45) is 0 Å². The van der Waals surface area contributed by atoms with Crippen molar-refractivity contribution in [3.63, 3.8) is 0 Å². The lowest BCUT2D eigenvalue weighted by Crippen LogP contribution is -2.12. The summed E-state index contributed by atoms with van der Waals surface area (Å²) in [6, 6.07) is 15.0. The maximum atomic E-state index is 12.0. The van der Waals surface area contributed by atoms with Crippen LogP contribution in [0.3, 0.4) is 0 Å². The third-order valence-electron chi connectivity index (χ3n) is 2.22. The molecule has 0 saturated carbocycles. The summed E-state index contributed by atoms with van der Waals surface area (Å²) in [6.45, 7) is 0. The van der Waals surface area contributed by atoms with Gasteiger partial charge >= 0.3 is 0 Å². The van der Waals surface area contributed by atoms with Gasteiger partial charge in [-0.2, -0.15) is 0 Å². The van der Waals surface area contributed by atoms with Gasteiger partial charge in [-0.3, -0.25) is 4.79 Å². The quantitative estimate of drug-likeness (QED) is 0.746. The van der Waals surface area contributed by atoms with E-state index in [1.165, 1.54) is 0 Å². The van der Waals surface area contributed by atoms with Crippen LogP contribution in [0.25, 0.3) is 0 Å². The van der Waals surface area contributed by atoms with Gasteiger partial charge < -0.3 is 5.32 Å². The summed E-state index contributed by atoms with van der Waals surface area (Å²) in [5.41, 5.74) is 1.43. The van der Waals surface area contributed by atoms with Crippen molar-refractivity contribution >= 4 is 50.1 Å². The van der Waals surface area contributed by atoms with E-state index < -0.39 is 0 Å². The summed E-state index contributed by atoms with van der Waals surface area (Å²) in [5, 5.41) is 2.85. The molecule has 2 aromatic carbocycles. The Bertz CT molecular complexity index is 539. The van der Waals surface area contributed by atoms with Crippen LogP contribution in [0.1, 0.15) is 10.4 Å². The van der Waals surface area contributed by atoms with Gasteiger partial charge in [0, 0.05) is 13.7 Å². The molecular formula is C13H9BrINO. The van der Waals surface area contributed by atoms with Gasteiger partial charge in [-0.25, -0.2) is 0 Å². The lowest BCUT2D eigenvalue weighted by atomic mass is 10.2. The van der Waals surface area contributed by atoms with Crippen molar-refractivity contribution in [3.8, 4) is 0 Å². The fraction of sp³-hybridized carbons (Fsp3) is 0. The molecule has 0 fully saturated rings. The van der Waals surface area contributed by atoms with Crippen LogP contribution in [0, 0.1) is 3.57 Å². The van der Waals surface area contributed by atoms with Gasteiger partial charge in [-0.15, -0.1) is 0 Å². The van der Waals surface area contributed by atoms with Crippen molar-refractivity contribution in [2.45, 2.75) is 0 Å². The molecule has 0 spiro atoms. The van der Waals surface area contributed by atoms with Crippen LogP contribution in [0.2, 0.25) is 0 Å². The van der Waals surface area contributed by atoms with Crippen LogP contribution in [0.5, 0.6) is 0 Å². The second-order valence-electron chi connectivity index (χ2n) is 3.44. The van der Waals surface area contributed by atoms with E-state index >= 15 is 0 Å². The van der Waals surface area contributed by atoms with Gasteiger partial charge in [0.05, 0.1) is 5.56 Å². The first-order valence-electron chi connectivity index (χ1n) is 4.98. The highest BCUT2D eigenvalue weighted by molar-refractivity contribution is 14.1. The number of hydrogen-bond acceptors (Lipinski definition) is 1. The van der Waals surface area contributed by atoms with Crippen LogP contribution < -0.4 is 5.32 Å². The van der Waals surface area contributed by atoms with E-state index in [0.717, 1.165) is 13.7 Å². The Labute approximate surface area is 122 Å². The molecule has 0 heterocycles. The van der Waals surface area contributed by atoms with E-state index in [2.05, 4.69) is 43.8 Å². The largest absolute Gasteiger partial charge is 0.322 e. The molecule has 0 aliphatic heterocycles. The number of halogens is 2. The van der Waals surface area contributed by atoms with E-state index in [0.29, 0.717) is 5.56 Å². The van der Waals surface area contributed by atoms with Crippen LogP contribution in [-0.4, -0.2) is 5.91 Å². The molecule has 0 aromatic heterocycles. The smallest absolute Gasteiger partial charge is 0.256 e. The lowest BCUT2D eigenvalue weighted by molar-refractivity contribution is 0.102. The van der Waals surface area contributed by atoms with Gasteiger partial charge in [0.25, 0.3) is 5.91 Å². The fourth-order valence-corrected chi connectivity index (χ4v) is 2.20. The molecule has 2 aromatic rings. The third kappa shape index (κ3) is 3.29. The lowest BCUT2D eigenvalue weighted by Gasteiger charge is -2.06. The topological polar surface area (TPSA) is 29.1 Å². The molecule has 2 nitrogen and oxygen atoms in total. The summed E-state index contributed by atoms with van der Waals surface area (Å²) in [4.78, 5) is 12.0. The minimum Gasteiger partial charge on any atom is -0.322 e. The number of benzene rings is 2. The first kappa shape index (κ1) is 12.6. The van der Waals surface area contributed by atoms with Gasteiger partial charge in [-0.05, 0) is 74.9 Å². The van der Waals surface area contributed by atoms with E-state index in [4.69, 9.17) is 0 Å². The number of carbonyl (C=O) groups excluding carboxylic acids is 1. The third-order valence-corrected chi connectivity index (χ3v) is 3.63. The van der Waals surface area contributed by atoms with Crippen molar-refractivity contribution in [1.82, 2.24) is 0 Å². The second kappa shape index (κ2) is 5.64. The van der Waals surface area contributed by atoms with Crippen LogP contribution in [0.4, 0.5) is 5.69 Å². The van der Waals surface area contributed by atoms with Gasteiger partial charge in [-0.1, -0.05) is 12.1 Å². The SMILES string of the molecule is O=C(Nc1ccc(I)cc1)c1ccccc1Br. The van der Waals surface area contributed by atoms with Crippen LogP contribution in [0.15, 0.2) is 53.0 Å². The standard InChI is InChI=1S/C13H9BrINO/c14-12-4-2-1-3-11(12)13(17)16-10-7-5-9(15)6-8-10/h1-8H,(H,16,17). The van der Waals surface area contributed by atoms with Crippen molar-refractivity contribution < 1.29 is 4.79 Å². The molecular weight excluding hydrogens is 393 g/mol. The minimum atomic E-state index is -0.112. The van der Waals surface area contributed by atoms with Gasteiger partial charge in [0.15, 0.2) is 0 Å². The van der Waals surface area contributed by atoms with E-state index in [1.54, 1.807) is 6.07 Å². The van der Waals surface area contributed by atoms with Crippen LogP contribution >= 0.6 is 38.5 Å². The number of amides is 1. The Hall–Kier alpha value is -0.880. The zero-order chi connectivity index (χ0) is 12.3. The van der Waals surface area contributed by atoms with E-state index in [1.807, 2.05) is 42.5 Å². The minimum absolute atomic E-state index is 0.112. The van der Waals surface area contributed by atoms with Gasteiger partial charge in [0.1, 0.15) is 0 Å². The first-order chi connectivity index (χ1) is 8.16. The Kier molecular flexibility index (Phi) is 4.17. The van der Waals surface area contributed by atoms with E-state index in [9.17, 15) is 4.79 Å². The number of hydrogen-bond donors (Lipinski definition) is 1. The molecule has 2 rings (SSSR count). The fourth-order valence-electron chi connectivity index (χ4n) is 1.38. The summed E-state index contributed by atoms with van der Waals surface area (Å²) in [5.74, 6) is -0.112. The molecule has 0 saturated heterocycles. The average Bonchev–Trinajstić information content (AvgIpc) is 2.32. The zero-order valence-electron chi connectivity index (χ0n) is 8.78. The van der Waals surface area contributed by atoms with Crippen molar-refractivity contribution in [1.29, 1.82) is 0 Å². The molecule has 0 atom stereocenters. The molecule has 0 aliphatic rings. The highest BCUT2D eigenvalue weighted by Gasteiger charge is 2.08. The molecule has 1 amide bonds. The molecule has 86 valence electrons. The Morgan fingerprint density at radius 1 is 1.06 bits per heavy atom. The van der Waals surface area contributed by atoms with E-state index in [-0.39, 0.29) is 5.91 Å². The monoisotopic (exact) mass is 401 g/mol. The molecule has 0 unspecified atom stereocenters. The molecule has 4 heteroatoms. The number of nitrogens with one attached hydrogen (secondary N) is 1. The molecule has 0 aliphatic carbocycles. The summed E-state index contributed by atoms with van der Waals surface area (Å²) < 4.78 is 1.93. The van der Waals surface area contributed by atoms with Crippen LogP contribution in [-0.2, 0) is 0 Å². The predicted molar refractivity (Wildman–Crippen MR) is 81.3 cm³/mol. The molecule has 0 bridgehead atoms. The predicted octanol–water partition coefficient (Wildman–Crippen LogP) is 4.31. The summed E-state index contributed by atoms with van der Waals surface area (Å²) >= 11 is 5.59.